The minimum atomic E-state index is -3.87. The summed E-state index contributed by atoms with van der Waals surface area (Å²) in [6.45, 7) is 7.00. The van der Waals surface area contributed by atoms with Crippen molar-refractivity contribution in [3.63, 3.8) is 0 Å². The molecule has 1 saturated heterocycles. The van der Waals surface area contributed by atoms with Crippen molar-refractivity contribution >= 4 is 15.9 Å². The van der Waals surface area contributed by atoms with Gasteiger partial charge in [-0.3, -0.25) is 4.79 Å². The molecule has 0 aromatic heterocycles. The lowest BCUT2D eigenvalue weighted by Crippen LogP contribution is -2.50. The van der Waals surface area contributed by atoms with E-state index >= 15 is 0 Å². The Bertz CT molecular complexity index is 953. The van der Waals surface area contributed by atoms with Crippen LogP contribution in [0.1, 0.15) is 25.0 Å². The summed E-state index contributed by atoms with van der Waals surface area (Å²) in [7, 11) is -3.87. The van der Waals surface area contributed by atoms with Crippen LogP contribution in [0, 0.1) is 0 Å². The number of piperazine rings is 1. The first-order valence-corrected chi connectivity index (χ1v) is 12.2. The zero-order valence-corrected chi connectivity index (χ0v) is 19.0. The van der Waals surface area contributed by atoms with E-state index in [-0.39, 0.29) is 23.9 Å². The van der Waals surface area contributed by atoms with Gasteiger partial charge in [0.15, 0.2) is 0 Å². The third-order valence-electron chi connectivity index (χ3n) is 5.34. The van der Waals surface area contributed by atoms with E-state index in [2.05, 4.69) is 12.2 Å². The monoisotopic (exact) mass is 445 g/mol. The lowest BCUT2D eigenvalue weighted by Gasteiger charge is -2.30. The van der Waals surface area contributed by atoms with Gasteiger partial charge in [0, 0.05) is 32.7 Å². The molecule has 3 rings (SSSR count). The number of benzene rings is 2. The van der Waals surface area contributed by atoms with Gasteiger partial charge < -0.3 is 15.0 Å². The fraction of sp³-hybridized carbons (Fsp3) is 0.435. The summed E-state index contributed by atoms with van der Waals surface area (Å²) in [6, 6.07) is 14.2. The maximum Gasteiger partial charge on any atom is 0.243 e. The molecule has 0 saturated carbocycles. The molecule has 2 aromatic carbocycles. The summed E-state index contributed by atoms with van der Waals surface area (Å²) in [5, 5.41) is 3.21. The minimum absolute atomic E-state index is 0.136. The molecule has 0 radical (unpaired) electrons. The average Bonchev–Trinajstić information content (AvgIpc) is 2.80. The van der Waals surface area contributed by atoms with Crippen molar-refractivity contribution < 1.29 is 17.9 Å². The Kier molecular flexibility index (Phi) is 8.06. The Labute approximate surface area is 185 Å². The third kappa shape index (κ3) is 6.06. The van der Waals surface area contributed by atoms with Gasteiger partial charge in [-0.05, 0) is 48.7 Å². The molecule has 1 heterocycles. The summed E-state index contributed by atoms with van der Waals surface area (Å²) < 4.78 is 33.6. The second-order valence-electron chi connectivity index (χ2n) is 7.48. The molecule has 8 heteroatoms. The lowest BCUT2D eigenvalue weighted by molar-refractivity contribution is -0.132. The molecule has 7 nitrogen and oxygen atoms in total. The van der Waals surface area contributed by atoms with E-state index < -0.39 is 10.0 Å². The van der Waals surface area contributed by atoms with Crippen LogP contribution in [0.4, 0.5) is 0 Å². The fourth-order valence-electron chi connectivity index (χ4n) is 3.50. The highest BCUT2D eigenvalue weighted by molar-refractivity contribution is 7.89. The number of amides is 1. The standard InChI is InChI=1S/C23H31N3O4S/c1-3-19-5-7-20(8-6-19)17-26(18-23(27)25-15-13-24-14-16-25)31(28,29)22-11-9-21(10-12-22)30-4-2/h5-12,24H,3-4,13-18H2,1-2H3. The predicted molar refractivity (Wildman–Crippen MR) is 120 cm³/mol. The first kappa shape index (κ1) is 23.2. The molecular formula is C23H31N3O4S. The molecule has 0 aliphatic carbocycles. The van der Waals surface area contributed by atoms with Crippen molar-refractivity contribution in [3.05, 3.63) is 59.7 Å². The smallest absolute Gasteiger partial charge is 0.243 e. The second-order valence-corrected chi connectivity index (χ2v) is 9.42. The van der Waals surface area contributed by atoms with Crippen LogP contribution in [-0.2, 0) is 27.8 Å². The molecule has 168 valence electrons. The number of aryl methyl sites for hydroxylation is 1. The van der Waals surface area contributed by atoms with Gasteiger partial charge in [0.25, 0.3) is 0 Å². The number of carbonyl (C=O) groups is 1. The number of hydrogen-bond donors (Lipinski definition) is 1. The Hall–Kier alpha value is -2.42. The van der Waals surface area contributed by atoms with Crippen LogP contribution < -0.4 is 10.1 Å². The largest absolute Gasteiger partial charge is 0.494 e. The molecule has 0 bridgehead atoms. The maximum absolute atomic E-state index is 13.4. The molecule has 0 atom stereocenters. The first-order chi connectivity index (χ1) is 14.9. The van der Waals surface area contributed by atoms with E-state index in [4.69, 9.17) is 4.74 Å². The van der Waals surface area contributed by atoms with E-state index in [0.717, 1.165) is 25.1 Å². The molecule has 1 fully saturated rings. The van der Waals surface area contributed by atoms with Crippen molar-refractivity contribution in [2.45, 2.75) is 31.7 Å². The van der Waals surface area contributed by atoms with Crippen LogP contribution in [0.3, 0.4) is 0 Å². The van der Waals surface area contributed by atoms with Crippen LogP contribution in [-0.4, -0.2) is 62.9 Å². The van der Waals surface area contributed by atoms with Crippen LogP contribution in [0.15, 0.2) is 53.4 Å². The highest BCUT2D eigenvalue weighted by Crippen LogP contribution is 2.22. The highest BCUT2D eigenvalue weighted by atomic mass is 32.2. The van der Waals surface area contributed by atoms with Crippen LogP contribution >= 0.6 is 0 Å². The van der Waals surface area contributed by atoms with Gasteiger partial charge in [-0.15, -0.1) is 0 Å². The molecule has 1 aliphatic rings. The van der Waals surface area contributed by atoms with Crippen molar-refractivity contribution in [2.75, 3.05) is 39.3 Å². The Morgan fingerprint density at radius 1 is 1.00 bits per heavy atom. The molecule has 0 unspecified atom stereocenters. The summed E-state index contributed by atoms with van der Waals surface area (Å²) in [4.78, 5) is 14.8. The van der Waals surface area contributed by atoms with Gasteiger partial charge in [-0.2, -0.15) is 4.31 Å². The van der Waals surface area contributed by atoms with Crippen LogP contribution in [0.2, 0.25) is 0 Å². The molecule has 31 heavy (non-hydrogen) atoms. The van der Waals surface area contributed by atoms with E-state index in [9.17, 15) is 13.2 Å². The molecular weight excluding hydrogens is 414 g/mol. The predicted octanol–water partition coefficient (Wildman–Crippen LogP) is 2.27. The Morgan fingerprint density at radius 2 is 1.61 bits per heavy atom. The van der Waals surface area contributed by atoms with Gasteiger partial charge in [0.2, 0.25) is 15.9 Å². The van der Waals surface area contributed by atoms with Crippen molar-refractivity contribution in [2.24, 2.45) is 0 Å². The van der Waals surface area contributed by atoms with Gasteiger partial charge in [0.05, 0.1) is 18.0 Å². The van der Waals surface area contributed by atoms with Crippen molar-refractivity contribution in [1.82, 2.24) is 14.5 Å². The maximum atomic E-state index is 13.4. The van der Waals surface area contributed by atoms with Crippen molar-refractivity contribution in [3.8, 4) is 5.75 Å². The second kappa shape index (κ2) is 10.7. The fourth-order valence-corrected chi connectivity index (χ4v) is 4.88. The minimum Gasteiger partial charge on any atom is -0.494 e. The lowest BCUT2D eigenvalue weighted by atomic mass is 10.1. The Morgan fingerprint density at radius 3 is 2.19 bits per heavy atom. The highest BCUT2D eigenvalue weighted by Gasteiger charge is 2.29. The normalized spacial score (nSPS) is 14.6. The zero-order valence-electron chi connectivity index (χ0n) is 18.2. The quantitative estimate of drug-likeness (QED) is 0.641. The number of ether oxygens (including phenoxy) is 1. The molecule has 2 aromatic rings. The third-order valence-corrected chi connectivity index (χ3v) is 7.15. The summed E-state index contributed by atoms with van der Waals surface area (Å²) in [5.74, 6) is 0.432. The van der Waals surface area contributed by atoms with Gasteiger partial charge in [-0.1, -0.05) is 31.2 Å². The molecule has 1 N–H and O–H groups in total. The SMILES string of the molecule is CCOc1ccc(S(=O)(=O)N(CC(=O)N2CCNCC2)Cc2ccc(CC)cc2)cc1. The number of nitrogens with zero attached hydrogens (tertiary/aromatic N) is 2. The summed E-state index contributed by atoms with van der Waals surface area (Å²) in [5.41, 5.74) is 2.03. The molecule has 1 amide bonds. The molecule has 0 spiro atoms. The van der Waals surface area contributed by atoms with Crippen LogP contribution in [0.5, 0.6) is 5.75 Å². The molecule has 1 aliphatic heterocycles. The van der Waals surface area contributed by atoms with E-state index in [1.54, 1.807) is 17.0 Å². The van der Waals surface area contributed by atoms with Crippen LogP contribution in [0.25, 0.3) is 0 Å². The number of nitrogens with one attached hydrogen (secondary N) is 1. The van der Waals surface area contributed by atoms with E-state index in [1.807, 2.05) is 31.2 Å². The number of sulfonamides is 1. The Balaban J connectivity index is 1.85. The summed E-state index contributed by atoms with van der Waals surface area (Å²) >= 11 is 0. The van der Waals surface area contributed by atoms with E-state index in [0.29, 0.717) is 25.4 Å². The number of carbonyl (C=O) groups excluding carboxylic acids is 1. The number of hydrogen-bond acceptors (Lipinski definition) is 5. The van der Waals surface area contributed by atoms with Gasteiger partial charge in [0.1, 0.15) is 5.75 Å². The topological polar surface area (TPSA) is 79.0 Å². The van der Waals surface area contributed by atoms with E-state index in [1.165, 1.54) is 22.0 Å². The average molecular weight is 446 g/mol. The van der Waals surface area contributed by atoms with Gasteiger partial charge >= 0.3 is 0 Å². The number of rotatable bonds is 9. The van der Waals surface area contributed by atoms with Gasteiger partial charge in [-0.25, -0.2) is 8.42 Å². The first-order valence-electron chi connectivity index (χ1n) is 10.7. The summed E-state index contributed by atoms with van der Waals surface area (Å²) in [6.07, 6.45) is 0.913. The zero-order chi connectivity index (χ0) is 22.3. The van der Waals surface area contributed by atoms with Crippen molar-refractivity contribution in [1.29, 1.82) is 0 Å².